The van der Waals surface area contributed by atoms with Gasteiger partial charge in [0.25, 0.3) is 0 Å². The highest BCUT2D eigenvalue weighted by Gasteiger charge is 2.25. The molecule has 0 aromatic carbocycles. The van der Waals surface area contributed by atoms with E-state index in [1.165, 1.54) is 12.8 Å². The minimum absolute atomic E-state index is 0.0383. The zero-order valence-electron chi connectivity index (χ0n) is 34.8. The molecule has 2 unspecified atom stereocenters. The molecule has 0 aliphatic rings. The molecule has 10 heteroatoms. The topological polar surface area (TPSA) is 134 Å². The second-order valence-electron chi connectivity index (χ2n) is 13.5. The smallest absolute Gasteiger partial charge is 0.462 e. The van der Waals surface area contributed by atoms with Gasteiger partial charge in [0.2, 0.25) is 0 Å². The van der Waals surface area contributed by atoms with Gasteiger partial charge in [0.05, 0.1) is 13.2 Å². The molecule has 0 aromatic heterocycles. The van der Waals surface area contributed by atoms with E-state index in [0.717, 1.165) is 96.3 Å². The van der Waals surface area contributed by atoms with Crippen LogP contribution < -0.4 is 5.73 Å². The molecule has 0 aliphatic carbocycles. The third-order valence-electron chi connectivity index (χ3n) is 8.20. The molecule has 0 saturated carbocycles. The van der Waals surface area contributed by atoms with Gasteiger partial charge in [0, 0.05) is 19.4 Å². The molecule has 0 aliphatic heterocycles. The average Bonchev–Trinajstić information content (AvgIpc) is 3.18. The Hall–Kier alpha value is -3.07. The number of phosphoric acid groups is 1. The lowest BCUT2D eigenvalue weighted by Crippen LogP contribution is -2.29. The van der Waals surface area contributed by atoms with E-state index in [2.05, 4.69) is 111 Å². The third kappa shape index (κ3) is 40.6. The Labute approximate surface area is 340 Å². The summed E-state index contributed by atoms with van der Waals surface area (Å²) in [6, 6.07) is 0. The van der Waals surface area contributed by atoms with Gasteiger partial charge in [-0.05, 0) is 89.9 Å². The third-order valence-corrected chi connectivity index (χ3v) is 9.19. The summed E-state index contributed by atoms with van der Waals surface area (Å²) in [6.45, 7) is 3.48. The van der Waals surface area contributed by atoms with Crippen molar-refractivity contribution in [2.45, 2.75) is 155 Å². The van der Waals surface area contributed by atoms with Crippen molar-refractivity contribution in [1.29, 1.82) is 0 Å². The van der Waals surface area contributed by atoms with Crippen molar-refractivity contribution in [3.05, 3.63) is 97.2 Å². The Kier molecular flexibility index (Phi) is 39.3. The van der Waals surface area contributed by atoms with Crippen molar-refractivity contribution in [2.24, 2.45) is 5.73 Å². The highest BCUT2D eigenvalue weighted by atomic mass is 31.2. The Bertz CT molecular complexity index is 1230. The number of phosphoric ester groups is 1. The number of hydrogen-bond acceptors (Lipinski definition) is 8. The van der Waals surface area contributed by atoms with Gasteiger partial charge in [-0.2, -0.15) is 0 Å². The molecule has 0 fully saturated rings. The lowest BCUT2D eigenvalue weighted by atomic mass is 10.1. The lowest BCUT2D eigenvalue weighted by Gasteiger charge is -2.19. The van der Waals surface area contributed by atoms with Crippen LogP contribution in [0.4, 0.5) is 0 Å². The van der Waals surface area contributed by atoms with Crippen LogP contribution in [0.2, 0.25) is 0 Å². The Morgan fingerprint density at radius 2 is 0.982 bits per heavy atom. The molecule has 0 heterocycles. The summed E-state index contributed by atoms with van der Waals surface area (Å²) in [5.74, 6) is -0.907. The number of carbonyl (C=O) groups is 2. The van der Waals surface area contributed by atoms with E-state index in [-0.39, 0.29) is 32.6 Å². The molecule has 9 nitrogen and oxygen atoms in total. The number of esters is 2. The summed E-state index contributed by atoms with van der Waals surface area (Å²) in [6.07, 6.45) is 52.9. The van der Waals surface area contributed by atoms with Crippen LogP contribution in [0.25, 0.3) is 0 Å². The molecule has 56 heavy (non-hydrogen) atoms. The monoisotopic (exact) mass is 802 g/mol. The van der Waals surface area contributed by atoms with Gasteiger partial charge in [-0.1, -0.05) is 143 Å². The van der Waals surface area contributed by atoms with E-state index in [0.29, 0.717) is 12.8 Å². The standard InChI is InChI=1S/C46H76NO8P/c1-3-5-7-9-11-13-15-17-19-20-21-22-23-24-25-27-29-31-33-35-37-39-46(49)55-44(43-54-56(50,51)53-41-40-47)42-52-45(48)38-36-34-32-30-28-26-18-16-14-12-10-8-6-4-2/h5,7,10-13,16-19,21-22,24-25,29,31,44H,3-4,6,8-9,14-15,20,23,26-28,30,32-43,47H2,1-2H3,(H,50,51)/b7-5-,12-10-,13-11-,18-16-,19-17-,22-21-,25-24-,31-29-. The summed E-state index contributed by atoms with van der Waals surface area (Å²) in [5.41, 5.74) is 5.34. The van der Waals surface area contributed by atoms with Crippen LogP contribution in [0, 0.1) is 0 Å². The highest BCUT2D eigenvalue weighted by Crippen LogP contribution is 2.43. The van der Waals surface area contributed by atoms with E-state index in [1.54, 1.807) is 0 Å². The largest absolute Gasteiger partial charge is 0.472 e. The molecule has 0 rings (SSSR count). The van der Waals surface area contributed by atoms with Gasteiger partial charge < -0.3 is 20.1 Å². The van der Waals surface area contributed by atoms with Gasteiger partial charge in [0.15, 0.2) is 6.10 Å². The molecular weight excluding hydrogens is 725 g/mol. The van der Waals surface area contributed by atoms with E-state index >= 15 is 0 Å². The van der Waals surface area contributed by atoms with Crippen LogP contribution in [0.1, 0.15) is 149 Å². The number of carbonyl (C=O) groups excluding carboxylic acids is 2. The second-order valence-corrected chi connectivity index (χ2v) is 14.9. The molecule has 2 atom stereocenters. The molecular formula is C46H76NO8P. The maximum absolute atomic E-state index is 12.6. The number of allylic oxidation sites excluding steroid dienone is 16. The Morgan fingerprint density at radius 3 is 1.50 bits per heavy atom. The number of nitrogens with two attached hydrogens (primary N) is 1. The first kappa shape index (κ1) is 52.9. The minimum Gasteiger partial charge on any atom is -0.462 e. The quantitative estimate of drug-likeness (QED) is 0.0271. The van der Waals surface area contributed by atoms with Crippen molar-refractivity contribution in [1.82, 2.24) is 0 Å². The molecule has 0 bridgehead atoms. The summed E-state index contributed by atoms with van der Waals surface area (Å²) >= 11 is 0. The van der Waals surface area contributed by atoms with Gasteiger partial charge >= 0.3 is 19.8 Å². The van der Waals surface area contributed by atoms with E-state index in [1.807, 2.05) is 0 Å². The Morgan fingerprint density at radius 1 is 0.554 bits per heavy atom. The van der Waals surface area contributed by atoms with Crippen LogP contribution in [0.5, 0.6) is 0 Å². The molecule has 3 N–H and O–H groups in total. The summed E-state index contributed by atoms with van der Waals surface area (Å²) < 4.78 is 32.7. The molecule has 0 amide bonds. The fourth-order valence-corrected chi connectivity index (χ4v) is 5.83. The van der Waals surface area contributed by atoms with Gasteiger partial charge in [0.1, 0.15) is 6.61 Å². The van der Waals surface area contributed by atoms with Crippen LogP contribution in [-0.4, -0.2) is 49.3 Å². The zero-order valence-corrected chi connectivity index (χ0v) is 35.7. The molecule has 0 aromatic rings. The second kappa shape index (κ2) is 41.6. The normalized spacial score (nSPS) is 14.3. The van der Waals surface area contributed by atoms with Crippen molar-refractivity contribution in [3.63, 3.8) is 0 Å². The predicted octanol–water partition coefficient (Wildman–Crippen LogP) is 12.2. The maximum atomic E-state index is 12.6. The van der Waals surface area contributed by atoms with Crippen LogP contribution >= 0.6 is 7.82 Å². The number of ether oxygens (including phenoxy) is 2. The molecule has 0 radical (unpaired) electrons. The Balaban J connectivity index is 4.31. The zero-order chi connectivity index (χ0) is 41.1. The number of hydrogen-bond donors (Lipinski definition) is 2. The van der Waals surface area contributed by atoms with Crippen LogP contribution in [0.15, 0.2) is 97.2 Å². The van der Waals surface area contributed by atoms with E-state index < -0.39 is 32.5 Å². The predicted molar refractivity (Wildman–Crippen MR) is 233 cm³/mol. The highest BCUT2D eigenvalue weighted by molar-refractivity contribution is 7.47. The van der Waals surface area contributed by atoms with Gasteiger partial charge in [-0.15, -0.1) is 0 Å². The fraction of sp³-hybridized carbons (Fsp3) is 0.609. The first-order valence-corrected chi connectivity index (χ1v) is 22.7. The summed E-state index contributed by atoms with van der Waals surface area (Å²) in [4.78, 5) is 34.8. The van der Waals surface area contributed by atoms with Crippen LogP contribution in [0.3, 0.4) is 0 Å². The number of rotatable bonds is 38. The van der Waals surface area contributed by atoms with Crippen LogP contribution in [-0.2, 0) is 32.7 Å². The SMILES string of the molecule is CC/C=C\C/C=C\C/C=C\C/C=C\C/C=C\C/C=C\CCCCC(=O)OC(COC(=O)CCCCCCC/C=C\C/C=C\CCCC)COP(=O)(O)OCCN. The average molecular weight is 802 g/mol. The summed E-state index contributed by atoms with van der Waals surface area (Å²) in [5, 5.41) is 0. The lowest BCUT2D eigenvalue weighted by molar-refractivity contribution is -0.161. The number of unbranched alkanes of at least 4 members (excludes halogenated alkanes) is 9. The maximum Gasteiger partial charge on any atom is 0.472 e. The van der Waals surface area contributed by atoms with Gasteiger partial charge in [-0.3, -0.25) is 18.6 Å². The van der Waals surface area contributed by atoms with Crippen molar-refractivity contribution in [2.75, 3.05) is 26.4 Å². The summed E-state index contributed by atoms with van der Waals surface area (Å²) in [7, 11) is -4.40. The first-order chi connectivity index (χ1) is 27.3. The van der Waals surface area contributed by atoms with Crippen molar-refractivity contribution in [3.8, 4) is 0 Å². The van der Waals surface area contributed by atoms with E-state index in [4.69, 9.17) is 24.3 Å². The molecule has 0 spiro atoms. The fourth-order valence-electron chi connectivity index (χ4n) is 5.06. The molecule has 318 valence electrons. The minimum atomic E-state index is -4.40. The van der Waals surface area contributed by atoms with Crippen molar-refractivity contribution < 1.29 is 37.6 Å². The first-order valence-electron chi connectivity index (χ1n) is 21.2. The van der Waals surface area contributed by atoms with Gasteiger partial charge in [-0.25, -0.2) is 4.57 Å². The van der Waals surface area contributed by atoms with Crippen molar-refractivity contribution >= 4 is 19.8 Å². The molecule has 0 saturated heterocycles. The van der Waals surface area contributed by atoms with E-state index in [9.17, 15) is 19.0 Å².